The van der Waals surface area contributed by atoms with Crippen molar-refractivity contribution in [3.05, 3.63) is 47.1 Å². The van der Waals surface area contributed by atoms with Crippen LogP contribution in [0.4, 0.5) is 28.8 Å². The molecular formula is C26H33ClN6O6S. The van der Waals surface area contributed by atoms with Crippen molar-refractivity contribution in [3.8, 4) is 17.2 Å². The molecule has 0 saturated heterocycles. The van der Waals surface area contributed by atoms with E-state index in [9.17, 15) is 13.2 Å². The van der Waals surface area contributed by atoms with E-state index in [1.165, 1.54) is 38.8 Å². The highest BCUT2D eigenvalue weighted by Crippen LogP contribution is 2.40. The van der Waals surface area contributed by atoms with Crippen LogP contribution >= 0.6 is 11.6 Å². The minimum Gasteiger partial charge on any atom is -0.493 e. The molecule has 14 heteroatoms. The van der Waals surface area contributed by atoms with Crippen LogP contribution in [-0.2, 0) is 14.8 Å². The van der Waals surface area contributed by atoms with Crippen LogP contribution in [0, 0.1) is 6.92 Å². The van der Waals surface area contributed by atoms with Gasteiger partial charge in [0.05, 0.1) is 45.2 Å². The predicted octanol–water partition coefficient (Wildman–Crippen LogP) is 4.24. The first-order chi connectivity index (χ1) is 19.0. The Kier molecular flexibility index (Phi) is 10.2. The number of hydrogen-bond donors (Lipinski definition) is 3. The molecule has 3 aromatic rings. The molecule has 1 aromatic heterocycles. The Morgan fingerprint density at radius 1 is 1.05 bits per heavy atom. The van der Waals surface area contributed by atoms with Gasteiger partial charge in [-0.15, -0.1) is 0 Å². The third kappa shape index (κ3) is 7.79. The van der Waals surface area contributed by atoms with Gasteiger partial charge in [-0.2, -0.15) is 4.98 Å². The van der Waals surface area contributed by atoms with Crippen molar-refractivity contribution in [2.45, 2.75) is 20.3 Å². The number of halogens is 1. The van der Waals surface area contributed by atoms with E-state index in [-0.39, 0.29) is 29.2 Å². The standard InChI is InChI=1S/C26H33ClN6O6S/c1-16-8-9-20(21(12-16)33(40(6,35)36)11-7-10-28-17(2)34)31-25-19(27)15-29-26(32-25)30-18-13-22(37-3)24(39-5)23(14-18)38-4/h8-9,12-15H,7,10-11H2,1-6H3,(H,28,34)(H2,29,30,31,32). The molecule has 0 aliphatic rings. The third-order valence-corrected chi connectivity index (χ3v) is 7.11. The zero-order chi connectivity index (χ0) is 29.4. The van der Waals surface area contributed by atoms with Gasteiger partial charge in [0.2, 0.25) is 27.6 Å². The first kappa shape index (κ1) is 30.6. The second kappa shape index (κ2) is 13.4. The fraction of sp³-hybridized carbons (Fsp3) is 0.346. The van der Waals surface area contributed by atoms with Crippen molar-refractivity contribution >= 4 is 56.4 Å². The number of nitrogens with zero attached hydrogens (tertiary/aromatic N) is 3. The number of methoxy groups -OCH3 is 3. The lowest BCUT2D eigenvalue weighted by atomic mass is 10.2. The topological polar surface area (TPSA) is 144 Å². The van der Waals surface area contributed by atoms with Crippen LogP contribution in [0.2, 0.25) is 5.02 Å². The maximum Gasteiger partial charge on any atom is 0.232 e. The van der Waals surface area contributed by atoms with E-state index < -0.39 is 10.0 Å². The van der Waals surface area contributed by atoms with E-state index in [0.717, 1.165) is 11.8 Å². The molecule has 3 rings (SSSR count). The van der Waals surface area contributed by atoms with Crippen molar-refractivity contribution in [1.29, 1.82) is 0 Å². The number of nitrogens with one attached hydrogen (secondary N) is 3. The number of carbonyl (C=O) groups excluding carboxylic acids is 1. The average Bonchev–Trinajstić information content (AvgIpc) is 2.90. The molecule has 40 heavy (non-hydrogen) atoms. The van der Waals surface area contributed by atoms with Gasteiger partial charge in [0.15, 0.2) is 17.3 Å². The van der Waals surface area contributed by atoms with Crippen molar-refractivity contribution in [3.63, 3.8) is 0 Å². The molecule has 0 aliphatic carbocycles. The van der Waals surface area contributed by atoms with E-state index in [4.69, 9.17) is 25.8 Å². The normalized spacial score (nSPS) is 11.0. The molecule has 0 radical (unpaired) electrons. The van der Waals surface area contributed by atoms with E-state index in [2.05, 4.69) is 25.9 Å². The summed E-state index contributed by atoms with van der Waals surface area (Å²) in [6, 6.07) is 8.76. The summed E-state index contributed by atoms with van der Waals surface area (Å²) >= 11 is 6.43. The Morgan fingerprint density at radius 2 is 1.73 bits per heavy atom. The van der Waals surface area contributed by atoms with Gasteiger partial charge >= 0.3 is 0 Å². The van der Waals surface area contributed by atoms with Crippen LogP contribution in [0.5, 0.6) is 17.2 Å². The zero-order valence-corrected chi connectivity index (χ0v) is 24.7. The summed E-state index contributed by atoms with van der Waals surface area (Å²) in [6.07, 6.45) is 2.97. The lowest BCUT2D eigenvalue weighted by Gasteiger charge is -2.26. The summed E-state index contributed by atoms with van der Waals surface area (Å²) in [7, 11) is 0.884. The number of amides is 1. The molecule has 12 nitrogen and oxygen atoms in total. The number of aromatic nitrogens is 2. The highest BCUT2D eigenvalue weighted by atomic mass is 35.5. The maximum atomic E-state index is 12.8. The molecule has 0 fully saturated rings. The number of rotatable bonds is 13. The lowest BCUT2D eigenvalue weighted by Crippen LogP contribution is -2.33. The summed E-state index contributed by atoms with van der Waals surface area (Å²) in [4.78, 5) is 20.0. The average molecular weight is 593 g/mol. The van der Waals surface area contributed by atoms with Gasteiger partial charge in [-0.1, -0.05) is 17.7 Å². The minimum atomic E-state index is -3.66. The smallest absolute Gasteiger partial charge is 0.232 e. The molecular weight excluding hydrogens is 560 g/mol. The van der Waals surface area contributed by atoms with Gasteiger partial charge in [0.1, 0.15) is 5.02 Å². The second-order valence-corrected chi connectivity index (χ2v) is 11.1. The van der Waals surface area contributed by atoms with Crippen LogP contribution in [0.25, 0.3) is 0 Å². The van der Waals surface area contributed by atoms with Gasteiger partial charge in [-0.05, 0) is 31.0 Å². The third-order valence-electron chi connectivity index (χ3n) is 5.65. The number of benzene rings is 2. The van der Waals surface area contributed by atoms with E-state index in [1.807, 2.05) is 13.0 Å². The highest BCUT2D eigenvalue weighted by Gasteiger charge is 2.22. The number of anilines is 5. The van der Waals surface area contributed by atoms with Crippen molar-refractivity contribution in [1.82, 2.24) is 15.3 Å². The maximum absolute atomic E-state index is 12.8. The van der Waals surface area contributed by atoms with Gasteiger partial charge in [-0.25, -0.2) is 13.4 Å². The molecule has 1 heterocycles. The Bertz CT molecular complexity index is 1450. The Balaban J connectivity index is 1.94. The van der Waals surface area contributed by atoms with Crippen molar-refractivity contribution < 1.29 is 27.4 Å². The molecule has 0 spiro atoms. The van der Waals surface area contributed by atoms with Crippen molar-refractivity contribution in [2.24, 2.45) is 0 Å². The molecule has 216 valence electrons. The monoisotopic (exact) mass is 592 g/mol. The van der Waals surface area contributed by atoms with Crippen LogP contribution in [0.15, 0.2) is 36.5 Å². The molecule has 0 unspecified atom stereocenters. The largest absolute Gasteiger partial charge is 0.493 e. The summed E-state index contributed by atoms with van der Waals surface area (Å²) in [6.45, 7) is 3.77. The zero-order valence-electron chi connectivity index (χ0n) is 23.2. The lowest BCUT2D eigenvalue weighted by molar-refractivity contribution is -0.118. The first-order valence-corrected chi connectivity index (χ1v) is 14.4. The van der Waals surface area contributed by atoms with E-state index >= 15 is 0 Å². The quantitative estimate of drug-likeness (QED) is 0.246. The predicted molar refractivity (Wildman–Crippen MR) is 156 cm³/mol. The number of ether oxygens (including phenoxy) is 3. The molecule has 3 N–H and O–H groups in total. The number of aryl methyl sites for hydroxylation is 1. The van der Waals surface area contributed by atoms with Crippen LogP contribution in [0.3, 0.4) is 0 Å². The highest BCUT2D eigenvalue weighted by molar-refractivity contribution is 7.92. The first-order valence-electron chi connectivity index (χ1n) is 12.2. The molecule has 0 aliphatic heterocycles. The minimum absolute atomic E-state index is 0.155. The van der Waals surface area contributed by atoms with Gasteiger partial charge in [0, 0.05) is 37.8 Å². The van der Waals surface area contributed by atoms with Crippen LogP contribution in [-0.4, -0.2) is 65.0 Å². The number of carbonyl (C=O) groups is 1. The van der Waals surface area contributed by atoms with E-state index in [1.54, 1.807) is 24.3 Å². The summed E-state index contributed by atoms with van der Waals surface area (Å²) in [5, 5.41) is 9.15. The SMILES string of the molecule is COc1cc(Nc2ncc(Cl)c(Nc3ccc(C)cc3N(CCCNC(C)=O)S(C)(=O)=O)n2)cc(OC)c1OC. The van der Waals surface area contributed by atoms with E-state index in [0.29, 0.717) is 47.3 Å². The fourth-order valence-corrected chi connectivity index (χ4v) is 4.94. The van der Waals surface area contributed by atoms with Gasteiger partial charge in [-0.3, -0.25) is 9.10 Å². The fourth-order valence-electron chi connectivity index (χ4n) is 3.83. The Hall–Kier alpha value is -3.97. The van der Waals surface area contributed by atoms with Gasteiger partial charge in [0.25, 0.3) is 0 Å². The van der Waals surface area contributed by atoms with Gasteiger partial charge < -0.3 is 30.2 Å². The summed E-state index contributed by atoms with van der Waals surface area (Å²) in [5.74, 6) is 1.61. The second-order valence-electron chi connectivity index (χ2n) is 8.75. The molecule has 0 bridgehead atoms. The van der Waals surface area contributed by atoms with Crippen LogP contribution < -0.4 is 34.5 Å². The summed E-state index contributed by atoms with van der Waals surface area (Å²) in [5.41, 5.74) is 2.31. The molecule has 1 amide bonds. The molecule has 0 atom stereocenters. The molecule has 2 aromatic carbocycles. The Labute approximate surface area is 239 Å². The molecule has 0 saturated carbocycles. The Morgan fingerprint density at radius 3 is 2.30 bits per heavy atom. The van der Waals surface area contributed by atoms with Crippen LogP contribution in [0.1, 0.15) is 18.9 Å². The summed E-state index contributed by atoms with van der Waals surface area (Å²) < 4.78 is 43.0. The number of sulfonamides is 1. The number of hydrogen-bond acceptors (Lipinski definition) is 10. The van der Waals surface area contributed by atoms with Crippen molar-refractivity contribution in [2.75, 3.05) is 55.6 Å².